The van der Waals surface area contributed by atoms with Gasteiger partial charge in [0.1, 0.15) is 12.3 Å². The van der Waals surface area contributed by atoms with Gasteiger partial charge in [-0.25, -0.2) is 4.79 Å². The maximum atomic E-state index is 12.0. The predicted octanol–water partition coefficient (Wildman–Crippen LogP) is 2.21. The summed E-state index contributed by atoms with van der Waals surface area (Å²) in [5.41, 5.74) is 0.573. The lowest BCUT2D eigenvalue weighted by atomic mass is 10.3. The summed E-state index contributed by atoms with van der Waals surface area (Å²) in [7, 11) is 1.54. The van der Waals surface area contributed by atoms with Crippen molar-refractivity contribution in [3.05, 3.63) is 52.3 Å². The third-order valence-corrected chi connectivity index (χ3v) is 3.84. The largest absolute Gasteiger partial charge is 0.497 e. The average Bonchev–Trinajstić information content (AvgIpc) is 3.18. The van der Waals surface area contributed by atoms with Gasteiger partial charge in [-0.3, -0.25) is 4.79 Å². The van der Waals surface area contributed by atoms with Gasteiger partial charge in [-0.15, -0.1) is 16.4 Å². The maximum Gasteiger partial charge on any atom is 0.437 e. The van der Waals surface area contributed by atoms with E-state index in [1.165, 1.54) is 11.3 Å². The first-order valence-electron chi connectivity index (χ1n) is 6.71. The Balaban J connectivity index is 1.72. The molecule has 0 atom stereocenters. The van der Waals surface area contributed by atoms with Crippen LogP contribution in [0.1, 0.15) is 0 Å². The van der Waals surface area contributed by atoms with Crippen molar-refractivity contribution in [2.45, 2.75) is 6.54 Å². The smallest absolute Gasteiger partial charge is 0.437 e. The average molecular weight is 331 g/mol. The summed E-state index contributed by atoms with van der Waals surface area (Å²) in [6.45, 7) is -0.231. The van der Waals surface area contributed by atoms with Crippen LogP contribution in [0, 0.1) is 0 Å². The van der Waals surface area contributed by atoms with Crippen molar-refractivity contribution in [1.29, 1.82) is 0 Å². The van der Waals surface area contributed by atoms with Crippen LogP contribution in [0.25, 0.3) is 10.8 Å². The number of nitrogens with one attached hydrogen (secondary N) is 1. The Bertz CT molecular complexity index is 867. The molecule has 0 aliphatic carbocycles. The van der Waals surface area contributed by atoms with E-state index in [4.69, 9.17) is 9.15 Å². The molecule has 0 fully saturated rings. The molecule has 1 aromatic carbocycles. The van der Waals surface area contributed by atoms with Gasteiger partial charge in [0, 0.05) is 11.8 Å². The molecule has 0 aliphatic heterocycles. The summed E-state index contributed by atoms with van der Waals surface area (Å²) in [6, 6.07) is 10.5. The summed E-state index contributed by atoms with van der Waals surface area (Å²) >= 11 is 1.40. The number of hydrogen-bond donors (Lipinski definition) is 1. The highest BCUT2D eigenvalue weighted by molar-refractivity contribution is 7.13. The Morgan fingerprint density at radius 1 is 1.39 bits per heavy atom. The molecule has 1 N–H and O–H groups in total. The van der Waals surface area contributed by atoms with Gasteiger partial charge in [0.25, 0.3) is 5.89 Å². The van der Waals surface area contributed by atoms with Crippen molar-refractivity contribution in [1.82, 2.24) is 9.78 Å². The van der Waals surface area contributed by atoms with Crippen molar-refractivity contribution >= 4 is 22.9 Å². The second-order valence-electron chi connectivity index (χ2n) is 4.59. The molecule has 118 valence electrons. The zero-order valence-corrected chi connectivity index (χ0v) is 13.0. The maximum absolute atomic E-state index is 12.0. The molecule has 8 heteroatoms. The van der Waals surface area contributed by atoms with Gasteiger partial charge in [-0.2, -0.15) is 4.68 Å². The molecular formula is C15H13N3O4S. The van der Waals surface area contributed by atoms with Crippen LogP contribution < -0.4 is 15.8 Å². The third-order valence-electron chi connectivity index (χ3n) is 2.99. The Kier molecular flexibility index (Phi) is 4.24. The zero-order chi connectivity index (χ0) is 16.2. The number of aromatic nitrogens is 2. The van der Waals surface area contributed by atoms with E-state index in [-0.39, 0.29) is 18.3 Å². The zero-order valence-electron chi connectivity index (χ0n) is 12.2. The molecule has 0 radical (unpaired) electrons. The lowest BCUT2D eigenvalue weighted by molar-refractivity contribution is -0.117. The molecular weight excluding hydrogens is 318 g/mol. The van der Waals surface area contributed by atoms with Crippen molar-refractivity contribution in [2.24, 2.45) is 0 Å². The quantitative estimate of drug-likeness (QED) is 0.774. The van der Waals surface area contributed by atoms with Crippen molar-refractivity contribution < 1.29 is 13.9 Å². The van der Waals surface area contributed by atoms with Gasteiger partial charge in [0.2, 0.25) is 5.91 Å². The lowest BCUT2D eigenvalue weighted by Gasteiger charge is -2.06. The number of nitrogens with zero attached hydrogens (tertiary/aromatic N) is 2. The highest BCUT2D eigenvalue weighted by Crippen LogP contribution is 2.21. The Labute approximate surface area is 135 Å². The highest BCUT2D eigenvalue weighted by Gasteiger charge is 2.14. The van der Waals surface area contributed by atoms with E-state index in [0.717, 1.165) is 9.56 Å². The molecule has 3 aromatic rings. The molecule has 0 saturated heterocycles. The summed E-state index contributed by atoms with van der Waals surface area (Å²) in [4.78, 5) is 24.5. The fourth-order valence-electron chi connectivity index (χ4n) is 1.94. The van der Waals surface area contributed by atoms with Gasteiger partial charge >= 0.3 is 5.76 Å². The number of amides is 1. The molecule has 0 aliphatic rings. The van der Waals surface area contributed by atoms with Crippen molar-refractivity contribution in [2.75, 3.05) is 12.4 Å². The Morgan fingerprint density at radius 2 is 2.26 bits per heavy atom. The minimum Gasteiger partial charge on any atom is -0.497 e. The number of carbonyl (C=O) groups is 1. The van der Waals surface area contributed by atoms with Crippen LogP contribution in [0.15, 0.2) is 51.0 Å². The van der Waals surface area contributed by atoms with E-state index in [1.807, 2.05) is 11.4 Å². The number of rotatable bonds is 5. The minimum atomic E-state index is -0.672. The summed E-state index contributed by atoms with van der Waals surface area (Å²) in [5, 5.41) is 8.56. The van der Waals surface area contributed by atoms with Crippen LogP contribution in [-0.4, -0.2) is 22.8 Å². The fourth-order valence-corrected chi connectivity index (χ4v) is 2.59. The number of carbonyl (C=O) groups excluding carboxylic acids is 1. The van der Waals surface area contributed by atoms with Crippen molar-refractivity contribution in [3.63, 3.8) is 0 Å². The van der Waals surface area contributed by atoms with Crippen molar-refractivity contribution in [3.8, 4) is 16.5 Å². The first kappa shape index (κ1) is 15.0. The van der Waals surface area contributed by atoms with Gasteiger partial charge in [0.05, 0.1) is 12.0 Å². The molecule has 1 amide bonds. The second kappa shape index (κ2) is 6.49. The summed E-state index contributed by atoms with van der Waals surface area (Å²) < 4.78 is 11.1. The molecule has 0 spiro atoms. The number of thiophene rings is 1. The molecule has 0 unspecified atom stereocenters. The SMILES string of the molecule is COc1cccc(NC(=O)Cn2nc(-c3cccs3)oc2=O)c1. The van der Waals surface area contributed by atoms with Crippen LogP contribution in [0.5, 0.6) is 5.75 Å². The van der Waals surface area contributed by atoms with Gasteiger partial charge in [-0.05, 0) is 23.6 Å². The van der Waals surface area contributed by atoms with E-state index in [2.05, 4.69) is 10.4 Å². The predicted molar refractivity (Wildman–Crippen MR) is 85.7 cm³/mol. The standard InChI is InChI=1S/C15H13N3O4S/c1-21-11-5-2-4-10(8-11)16-13(19)9-18-15(20)22-14(17-18)12-6-3-7-23-12/h2-8H,9H2,1H3,(H,16,19). The molecule has 7 nitrogen and oxygen atoms in total. The Hall–Kier alpha value is -2.87. The third kappa shape index (κ3) is 3.49. The van der Waals surface area contributed by atoms with Crippen LogP contribution in [0.3, 0.4) is 0 Å². The number of anilines is 1. The molecule has 2 aromatic heterocycles. The van der Waals surface area contributed by atoms with Gasteiger partial charge in [-0.1, -0.05) is 12.1 Å². The van der Waals surface area contributed by atoms with E-state index in [1.54, 1.807) is 37.4 Å². The van der Waals surface area contributed by atoms with Crippen LogP contribution >= 0.6 is 11.3 Å². The van der Waals surface area contributed by atoms with E-state index < -0.39 is 5.76 Å². The topological polar surface area (TPSA) is 86.4 Å². The molecule has 0 saturated carbocycles. The first-order valence-corrected chi connectivity index (χ1v) is 7.59. The lowest BCUT2D eigenvalue weighted by Crippen LogP contribution is -2.25. The summed E-state index contributed by atoms with van der Waals surface area (Å²) in [6.07, 6.45) is 0. The van der Waals surface area contributed by atoms with E-state index in [9.17, 15) is 9.59 Å². The second-order valence-corrected chi connectivity index (χ2v) is 5.54. The molecule has 3 rings (SSSR count). The number of ether oxygens (including phenoxy) is 1. The van der Waals surface area contributed by atoms with Crippen LogP contribution in [0.4, 0.5) is 5.69 Å². The Morgan fingerprint density at radius 3 is 3.00 bits per heavy atom. The van der Waals surface area contributed by atoms with Gasteiger partial charge < -0.3 is 14.5 Å². The number of benzene rings is 1. The molecule has 0 bridgehead atoms. The summed E-state index contributed by atoms with van der Waals surface area (Å²) in [5.74, 6) is -0.221. The molecule has 2 heterocycles. The van der Waals surface area contributed by atoms with E-state index >= 15 is 0 Å². The molecule has 23 heavy (non-hydrogen) atoms. The highest BCUT2D eigenvalue weighted by atomic mass is 32.1. The van der Waals surface area contributed by atoms with Gasteiger partial charge in [0.15, 0.2) is 0 Å². The first-order chi connectivity index (χ1) is 11.2. The number of hydrogen-bond acceptors (Lipinski definition) is 6. The monoisotopic (exact) mass is 331 g/mol. The fraction of sp³-hybridized carbons (Fsp3) is 0.133. The number of methoxy groups -OCH3 is 1. The normalized spacial score (nSPS) is 10.5. The minimum absolute atomic E-state index is 0.208. The van der Waals surface area contributed by atoms with Crippen LogP contribution in [-0.2, 0) is 11.3 Å². The van der Waals surface area contributed by atoms with Crippen LogP contribution in [0.2, 0.25) is 0 Å². The van der Waals surface area contributed by atoms with E-state index in [0.29, 0.717) is 11.4 Å².